The molecule has 0 radical (unpaired) electrons. The first kappa shape index (κ1) is 21.9. The Hall–Kier alpha value is -3.34. The highest BCUT2D eigenvalue weighted by Gasteiger charge is 2.35. The van der Waals surface area contributed by atoms with Crippen LogP contribution in [0.2, 0.25) is 5.02 Å². The molecule has 0 unspecified atom stereocenters. The van der Waals surface area contributed by atoms with Gasteiger partial charge in [0, 0.05) is 17.1 Å². The maximum absolute atomic E-state index is 13.6. The van der Waals surface area contributed by atoms with E-state index in [9.17, 15) is 19.2 Å². The molecule has 3 aromatic rings. The molecule has 0 bridgehead atoms. The number of nitriles is 1. The molecule has 1 aliphatic heterocycles. The van der Waals surface area contributed by atoms with Crippen molar-refractivity contribution in [1.82, 2.24) is 9.47 Å². The summed E-state index contributed by atoms with van der Waals surface area (Å²) in [4.78, 5) is 26.9. The summed E-state index contributed by atoms with van der Waals surface area (Å²) in [6, 6.07) is 15.3. The molecule has 0 N–H and O–H groups in total. The second-order valence-electron chi connectivity index (χ2n) is 7.30. The van der Waals surface area contributed by atoms with Crippen LogP contribution in [0, 0.1) is 31.0 Å². The zero-order valence-electron chi connectivity index (χ0n) is 17.2. The van der Waals surface area contributed by atoms with Crippen LogP contribution in [0.4, 0.5) is 9.18 Å². The minimum atomic E-state index is -0.496. The van der Waals surface area contributed by atoms with Crippen LogP contribution in [0.3, 0.4) is 0 Å². The number of hydrogen-bond acceptors (Lipinski definition) is 4. The van der Waals surface area contributed by atoms with Crippen LogP contribution in [0.5, 0.6) is 0 Å². The van der Waals surface area contributed by atoms with Gasteiger partial charge in [0.25, 0.3) is 11.1 Å². The average molecular weight is 466 g/mol. The first-order valence-electron chi connectivity index (χ1n) is 9.68. The maximum atomic E-state index is 13.6. The number of benzene rings is 2. The smallest absolute Gasteiger partial charge is 0.293 e. The minimum Gasteiger partial charge on any atom is -0.318 e. The van der Waals surface area contributed by atoms with Crippen molar-refractivity contribution in [3.05, 3.63) is 92.4 Å². The lowest BCUT2D eigenvalue weighted by molar-refractivity contribution is -0.123. The highest BCUT2D eigenvalue weighted by atomic mass is 35.5. The van der Waals surface area contributed by atoms with Crippen LogP contribution in [0.15, 0.2) is 53.4 Å². The third kappa shape index (κ3) is 3.95. The Morgan fingerprint density at radius 2 is 1.91 bits per heavy atom. The second-order valence-corrected chi connectivity index (χ2v) is 8.70. The molecule has 5 nitrogen and oxygen atoms in total. The van der Waals surface area contributed by atoms with Crippen LogP contribution in [-0.4, -0.2) is 20.6 Å². The molecule has 32 heavy (non-hydrogen) atoms. The van der Waals surface area contributed by atoms with Gasteiger partial charge in [-0.3, -0.25) is 14.5 Å². The van der Waals surface area contributed by atoms with Crippen LogP contribution >= 0.6 is 23.4 Å². The van der Waals surface area contributed by atoms with Crippen LogP contribution < -0.4 is 0 Å². The van der Waals surface area contributed by atoms with Gasteiger partial charge in [0.2, 0.25) is 0 Å². The summed E-state index contributed by atoms with van der Waals surface area (Å²) in [7, 11) is 0. The Morgan fingerprint density at radius 3 is 2.62 bits per heavy atom. The second kappa shape index (κ2) is 8.65. The normalized spacial score (nSPS) is 15.0. The van der Waals surface area contributed by atoms with E-state index in [-0.39, 0.29) is 16.8 Å². The molecule has 2 aromatic carbocycles. The van der Waals surface area contributed by atoms with E-state index < -0.39 is 11.7 Å². The van der Waals surface area contributed by atoms with Gasteiger partial charge < -0.3 is 4.57 Å². The molecule has 0 aliphatic carbocycles. The third-order valence-electron chi connectivity index (χ3n) is 5.26. The maximum Gasteiger partial charge on any atom is 0.293 e. The molecule has 0 spiro atoms. The predicted molar refractivity (Wildman–Crippen MR) is 123 cm³/mol. The van der Waals surface area contributed by atoms with Crippen molar-refractivity contribution in [2.75, 3.05) is 0 Å². The Morgan fingerprint density at radius 1 is 1.16 bits per heavy atom. The molecule has 8 heteroatoms. The highest BCUT2D eigenvalue weighted by molar-refractivity contribution is 8.18. The van der Waals surface area contributed by atoms with Crippen molar-refractivity contribution in [2.45, 2.75) is 20.4 Å². The van der Waals surface area contributed by atoms with Crippen molar-refractivity contribution >= 4 is 40.6 Å². The number of thioether (sulfide) groups is 1. The number of imide groups is 1. The number of aromatic nitrogens is 1. The molecule has 160 valence electrons. The Labute approximate surface area is 193 Å². The number of halogens is 2. The highest BCUT2D eigenvalue weighted by Crippen LogP contribution is 2.35. The first-order valence-corrected chi connectivity index (χ1v) is 10.9. The Bertz CT molecular complexity index is 1340. The van der Waals surface area contributed by atoms with E-state index in [0.29, 0.717) is 21.7 Å². The molecule has 2 heterocycles. The number of amides is 2. The fraction of sp³-hybridized carbons (Fsp3) is 0.125. The molecule has 0 atom stereocenters. The summed E-state index contributed by atoms with van der Waals surface area (Å²) in [6.07, 6.45) is 1.69. The summed E-state index contributed by atoms with van der Waals surface area (Å²) >= 11 is 6.81. The summed E-state index contributed by atoms with van der Waals surface area (Å²) in [5.41, 5.74) is 4.21. The number of hydrogen-bond donors (Lipinski definition) is 0. The molecule has 0 saturated carbocycles. The standard InChI is InChI=1S/C24H17ClFN3O2S/c1-14-9-18(15(2)29(14)19-7-8-21(26)20(25)11-19)10-22-23(30)28(24(31)32-22)13-17-6-4-3-5-16(17)12-27/h3-11H,13H2,1-2H3/b22-10+. The van der Waals surface area contributed by atoms with Crippen molar-refractivity contribution in [2.24, 2.45) is 0 Å². The predicted octanol–water partition coefficient (Wildman–Crippen LogP) is 5.99. The van der Waals surface area contributed by atoms with Gasteiger partial charge in [-0.1, -0.05) is 29.8 Å². The van der Waals surface area contributed by atoms with Gasteiger partial charge in [0.1, 0.15) is 5.82 Å². The zero-order chi connectivity index (χ0) is 23.0. The fourth-order valence-electron chi connectivity index (χ4n) is 3.67. The van der Waals surface area contributed by atoms with Crippen LogP contribution in [-0.2, 0) is 11.3 Å². The van der Waals surface area contributed by atoms with E-state index in [1.54, 1.807) is 42.5 Å². The van der Waals surface area contributed by atoms with Gasteiger partial charge >= 0.3 is 0 Å². The average Bonchev–Trinajstić information content (AvgIpc) is 3.20. The molecule has 1 fully saturated rings. The van der Waals surface area contributed by atoms with E-state index >= 15 is 0 Å². The van der Waals surface area contributed by atoms with Gasteiger partial charge in [-0.15, -0.1) is 0 Å². The molecular weight excluding hydrogens is 449 g/mol. The van der Waals surface area contributed by atoms with Gasteiger partial charge in [0.05, 0.1) is 28.1 Å². The molecule has 1 saturated heterocycles. The van der Waals surface area contributed by atoms with E-state index in [1.165, 1.54) is 6.07 Å². The van der Waals surface area contributed by atoms with Crippen molar-refractivity contribution < 1.29 is 14.0 Å². The van der Waals surface area contributed by atoms with Gasteiger partial charge in [-0.2, -0.15) is 5.26 Å². The molecule has 4 rings (SSSR count). The quantitative estimate of drug-likeness (QED) is 0.443. The molecule has 1 aliphatic rings. The fourth-order valence-corrected chi connectivity index (χ4v) is 4.67. The zero-order valence-corrected chi connectivity index (χ0v) is 18.8. The summed E-state index contributed by atoms with van der Waals surface area (Å²) in [5, 5.41) is 8.91. The SMILES string of the molecule is Cc1cc(/C=C2/SC(=O)N(Cc3ccccc3C#N)C2=O)c(C)n1-c1ccc(F)c(Cl)c1. The van der Waals surface area contributed by atoms with E-state index in [0.717, 1.165) is 33.6 Å². The minimum absolute atomic E-state index is 0.0234. The van der Waals surface area contributed by atoms with E-state index in [2.05, 4.69) is 6.07 Å². The van der Waals surface area contributed by atoms with E-state index in [4.69, 9.17) is 11.6 Å². The largest absolute Gasteiger partial charge is 0.318 e. The van der Waals surface area contributed by atoms with Crippen LogP contribution in [0.25, 0.3) is 11.8 Å². The Balaban J connectivity index is 1.65. The van der Waals surface area contributed by atoms with Crippen molar-refractivity contribution in [3.8, 4) is 11.8 Å². The summed E-state index contributed by atoms with van der Waals surface area (Å²) in [6.45, 7) is 3.81. The topological polar surface area (TPSA) is 66.1 Å². The van der Waals surface area contributed by atoms with Gasteiger partial charge in [-0.05, 0) is 73.1 Å². The lowest BCUT2D eigenvalue weighted by Gasteiger charge is -2.13. The lowest BCUT2D eigenvalue weighted by Crippen LogP contribution is -2.27. The Kier molecular flexibility index (Phi) is 5.92. The molecular formula is C24H17ClFN3O2S. The van der Waals surface area contributed by atoms with Gasteiger partial charge in [-0.25, -0.2) is 4.39 Å². The molecule has 2 amide bonds. The van der Waals surface area contributed by atoms with Crippen LogP contribution in [0.1, 0.15) is 28.1 Å². The lowest BCUT2D eigenvalue weighted by atomic mass is 10.1. The van der Waals surface area contributed by atoms with E-state index in [1.807, 2.05) is 24.5 Å². The number of aryl methyl sites for hydroxylation is 1. The number of rotatable bonds is 4. The third-order valence-corrected chi connectivity index (χ3v) is 6.46. The summed E-state index contributed by atoms with van der Waals surface area (Å²) < 4.78 is 15.5. The molecule has 1 aromatic heterocycles. The first-order chi connectivity index (χ1) is 15.3. The number of nitrogens with zero attached hydrogens (tertiary/aromatic N) is 3. The number of carbonyl (C=O) groups excluding carboxylic acids is 2. The summed E-state index contributed by atoms with van der Waals surface area (Å²) in [5.74, 6) is -0.896. The van der Waals surface area contributed by atoms with Crippen molar-refractivity contribution in [1.29, 1.82) is 5.26 Å². The number of carbonyl (C=O) groups is 2. The van der Waals surface area contributed by atoms with Crippen molar-refractivity contribution in [3.63, 3.8) is 0 Å². The van der Waals surface area contributed by atoms with Gasteiger partial charge in [0.15, 0.2) is 0 Å². The monoisotopic (exact) mass is 465 g/mol.